The summed E-state index contributed by atoms with van der Waals surface area (Å²) in [6, 6.07) is 18.4. The van der Waals surface area contributed by atoms with E-state index in [1.807, 2.05) is 25.1 Å². The highest BCUT2D eigenvalue weighted by atomic mass is 35.5. The summed E-state index contributed by atoms with van der Waals surface area (Å²) in [5.74, 6) is 1.15. The van der Waals surface area contributed by atoms with Crippen molar-refractivity contribution in [1.82, 2.24) is 5.32 Å². The molecule has 160 valence electrons. The molecule has 0 aromatic heterocycles. The number of benzene rings is 3. The van der Waals surface area contributed by atoms with Crippen molar-refractivity contribution in [2.75, 3.05) is 11.9 Å². The molecule has 0 fully saturated rings. The fraction of sp³-hybridized carbons (Fsp3) is 0.130. The first kappa shape index (κ1) is 22.0. The molecule has 0 aliphatic carbocycles. The maximum atomic E-state index is 12.4. The average molecular weight is 440 g/mol. The fourth-order valence-electron chi connectivity index (χ4n) is 2.79. The molecule has 8 heteroatoms. The van der Waals surface area contributed by atoms with Crippen LogP contribution in [0.3, 0.4) is 0 Å². The third kappa shape index (κ3) is 6.13. The molecule has 0 saturated heterocycles. The number of halogens is 1. The Morgan fingerprint density at radius 2 is 1.74 bits per heavy atom. The Kier molecular flexibility index (Phi) is 7.35. The van der Waals surface area contributed by atoms with Gasteiger partial charge in [0.15, 0.2) is 0 Å². The minimum atomic E-state index is -0.505. The van der Waals surface area contributed by atoms with Gasteiger partial charge in [-0.3, -0.25) is 4.79 Å². The number of primary amides is 1. The highest BCUT2D eigenvalue weighted by molar-refractivity contribution is 6.31. The Morgan fingerprint density at radius 3 is 2.45 bits per heavy atom. The molecule has 7 nitrogen and oxygen atoms in total. The van der Waals surface area contributed by atoms with Crippen molar-refractivity contribution < 1.29 is 19.1 Å². The van der Waals surface area contributed by atoms with Gasteiger partial charge >= 0.3 is 6.03 Å². The molecule has 0 atom stereocenters. The Hall–Kier alpha value is -3.71. The van der Waals surface area contributed by atoms with Crippen LogP contribution >= 0.6 is 11.6 Å². The number of hydrogen-bond acceptors (Lipinski definition) is 4. The number of ether oxygens (including phenoxy) is 2. The Bertz CT molecular complexity index is 1070. The van der Waals surface area contributed by atoms with E-state index in [4.69, 9.17) is 26.8 Å². The highest BCUT2D eigenvalue weighted by Crippen LogP contribution is 2.28. The predicted molar refractivity (Wildman–Crippen MR) is 120 cm³/mol. The molecule has 0 aliphatic rings. The van der Waals surface area contributed by atoms with Crippen molar-refractivity contribution in [3.8, 4) is 17.2 Å². The van der Waals surface area contributed by atoms with Gasteiger partial charge in [-0.1, -0.05) is 29.8 Å². The fourth-order valence-corrected chi connectivity index (χ4v) is 2.96. The number of rotatable bonds is 8. The van der Waals surface area contributed by atoms with Crippen molar-refractivity contribution in [2.24, 2.45) is 5.73 Å². The largest absolute Gasteiger partial charge is 0.492 e. The van der Waals surface area contributed by atoms with E-state index in [0.29, 0.717) is 40.1 Å². The Labute approximate surface area is 185 Å². The second-order valence-corrected chi connectivity index (χ2v) is 6.92. The zero-order valence-corrected chi connectivity index (χ0v) is 17.6. The number of nitrogens with two attached hydrogens (primary N) is 1. The maximum absolute atomic E-state index is 12.4. The summed E-state index contributed by atoms with van der Waals surface area (Å²) in [6.07, 6.45) is 0. The number of carbonyl (C=O) groups excluding carboxylic acids is 2. The second-order valence-electron chi connectivity index (χ2n) is 6.48. The lowest BCUT2D eigenvalue weighted by Crippen LogP contribution is -2.28. The van der Waals surface area contributed by atoms with Crippen LogP contribution in [0.2, 0.25) is 5.02 Å². The molecular weight excluding hydrogens is 418 g/mol. The molecular formula is C23H22ClN3O4. The van der Waals surface area contributed by atoms with Crippen LogP contribution in [0.5, 0.6) is 17.2 Å². The van der Waals surface area contributed by atoms with Crippen LogP contribution in [0, 0.1) is 0 Å². The molecule has 0 unspecified atom stereocenters. The zero-order valence-electron chi connectivity index (χ0n) is 16.9. The molecule has 0 radical (unpaired) electrons. The van der Waals surface area contributed by atoms with E-state index in [1.54, 1.807) is 48.5 Å². The zero-order chi connectivity index (χ0) is 22.2. The van der Waals surface area contributed by atoms with Gasteiger partial charge < -0.3 is 25.8 Å². The summed E-state index contributed by atoms with van der Waals surface area (Å²) < 4.78 is 11.4. The molecule has 3 rings (SSSR count). The van der Waals surface area contributed by atoms with Gasteiger partial charge in [0.05, 0.1) is 12.3 Å². The van der Waals surface area contributed by atoms with E-state index < -0.39 is 11.9 Å². The third-order valence-electron chi connectivity index (χ3n) is 4.27. The summed E-state index contributed by atoms with van der Waals surface area (Å²) in [7, 11) is 0. The lowest BCUT2D eigenvalue weighted by atomic mass is 10.2. The summed E-state index contributed by atoms with van der Waals surface area (Å²) >= 11 is 6.03. The van der Waals surface area contributed by atoms with Crippen molar-refractivity contribution in [1.29, 1.82) is 0 Å². The number of carbonyl (C=O) groups is 2. The minimum absolute atomic E-state index is 0.228. The number of urea groups is 1. The van der Waals surface area contributed by atoms with Gasteiger partial charge in [-0.25, -0.2) is 4.79 Å². The van der Waals surface area contributed by atoms with Crippen molar-refractivity contribution >= 4 is 29.2 Å². The molecule has 0 heterocycles. The van der Waals surface area contributed by atoms with Gasteiger partial charge in [0, 0.05) is 22.7 Å². The van der Waals surface area contributed by atoms with Crippen LogP contribution in [0.4, 0.5) is 10.5 Å². The van der Waals surface area contributed by atoms with Crippen molar-refractivity contribution in [2.45, 2.75) is 13.5 Å². The van der Waals surface area contributed by atoms with Crippen LogP contribution in [0.15, 0.2) is 66.7 Å². The summed E-state index contributed by atoms with van der Waals surface area (Å²) in [4.78, 5) is 23.6. The van der Waals surface area contributed by atoms with Gasteiger partial charge in [0.2, 0.25) is 5.91 Å². The number of hydrogen-bond donors (Lipinski definition) is 3. The molecule has 3 aromatic carbocycles. The van der Waals surface area contributed by atoms with Gasteiger partial charge in [-0.2, -0.15) is 0 Å². The topological polar surface area (TPSA) is 103 Å². The van der Waals surface area contributed by atoms with Crippen LogP contribution in [0.25, 0.3) is 0 Å². The van der Waals surface area contributed by atoms with Crippen LogP contribution in [0.1, 0.15) is 22.8 Å². The summed E-state index contributed by atoms with van der Waals surface area (Å²) in [5, 5.41) is 6.03. The lowest BCUT2D eigenvalue weighted by Gasteiger charge is -2.14. The number of para-hydroxylation sites is 1. The van der Waals surface area contributed by atoms with E-state index >= 15 is 0 Å². The van der Waals surface area contributed by atoms with E-state index in [2.05, 4.69) is 10.6 Å². The van der Waals surface area contributed by atoms with Gasteiger partial charge in [-0.05, 0) is 55.5 Å². The Morgan fingerprint density at radius 1 is 1.00 bits per heavy atom. The molecule has 0 saturated carbocycles. The highest BCUT2D eigenvalue weighted by Gasteiger charge is 2.11. The third-order valence-corrected chi connectivity index (χ3v) is 4.50. The molecule has 4 N–H and O–H groups in total. The molecule has 3 aromatic rings. The van der Waals surface area contributed by atoms with Crippen LogP contribution < -0.4 is 25.8 Å². The summed E-state index contributed by atoms with van der Waals surface area (Å²) in [5.41, 5.74) is 6.90. The second kappa shape index (κ2) is 10.4. The van der Waals surface area contributed by atoms with Crippen LogP contribution in [-0.4, -0.2) is 18.5 Å². The number of anilines is 1. The number of amides is 3. The minimum Gasteiger partial charge on any atom is -0.492 e. The summed E-state index contributed by atoms with van der Waals surface area (Å²) in [6.45, 7) is 2.55. The molecule has 3 amide bonds. The molecule has 0 spiro atoms. The first-order valence-electron chi connectivity index (χ1n) is 9.59. The predicted octanol–water partition coefficient (Wildman–Crippen LogP) is 4.95. The molecule has 0 aliphatic heterocycles. The van der Waals surface area contributed by atoms with Gasteiger partial charge in [0.25, 0.3) is 0 Å². The van der Waals surface area contributed by atoms with E-state index in [0.717, 1.165) is 5.56 Å². The quantitative estimate of drug-likeness (QED) is 0.462. The SMILES string of the molecule is CCOc1ccc(Cl)cc1NC(=O)NCc1ccccc1Oc1ccc(C(N)=O)cc1. The normalized spacial score (nSPS) is 10.3. The average Bonchev–Trinajstić information content (AvgIpc) is 2.75. The smallest absolute Gasteiger partial charge is 0.319 e. The standard InChI is InChI=1S/C23H22ClN3O4/c1-2-30-21-12-9-17(24)13-19(21)27-23(29)26-14-16-5-3-4-6-20(16)31-18-10-7-15(8-11-18)22(25)28/h3-13H,2,14H2,1H3,(H2,25,28)(H2,26,27,29). The van der Waals surface area contributed by atoms with Gasteiger partial charge in [-0.15, -0.1) is 0 Å². The van der Waals surface area contributed by atoms with E-state index in [1.165, 1.54) is 0 Å². The van der Waals surface area contributed by atoms with E-state index in [-0.39, 0.29) is 6.54 Å². The first-order chi connectivity index (χ1) is 15.0. The van der Waals surface area contributed by atoms with Crippen molar-refractivity contribution in [3.05, 3.63) is 82.9 Å². The molecule has 0 bridgehead atoms. The lowest BCUT2D eigenvalue weighted by molar-refractivity contribution is 0.1000. The van der Waals surface area contributed by atoms with E-state index in [9.17, 15) is 9.59 Å². The Balaban J connectivity index is 1.65. The monoisotopic (exact) mass is 439 g/mol. The maximum Gasteiger partial charge on any atom is 0.319 e. The number of nitrogens with one attached hydrogen (secondary N) is 2. The van der Waals surface area contributed by atoms with Crippen molar-refractivity contribution in [3.63, 3.8) is 0 Å². The van der Waals surface area contributed by atoms with Crippen LogP contribution in [-0.2, 0) is 6.54 Å². The molecule has 31 heavy (non-hydrogen) atoms. The van der Waals surface area contributed by atoms with Gasteiger partial charge in [0.1, 0.15) is 17.2 Å². The first-order valence-corrected chi connectivity index (χ1v) is 9.97.